The molecule has 0 saturated heterocycles. The molecule has 6 nitrogen and oxygen atoms in total. The van der Waals surface area contributed by atoms with Gasteiger partial charge in [0.1, 0.15) is 4.90 Å². The average Bonchev–Trinajstić information content (AvgIpc) is 2.65. The van der Waals surface area contributed by atoms with E-state index in [-0.39, 0.29) is 0 Å². The molecule has 0 aliphatic rings. The van der Waals surface area contributed by atoms with Crippen LogP contribution in [0.1, 0.15) is 44.0 Å². The Morgan fingerprint density at radius 2 is 1.95 bits per heavy atom. The number of nitrogens with one attached hydrogen (secondary N) is 1. The third-order valence-electron chi connectivity index (χ3n) is 3.25. The van der Waals surface area contributed by atoms with Crippen molar-refractivity contribution in [3.05, 3.63) is 11.4 Å². The second-order valence-electron chi connectivity index (χ2n) is 4.97. The first-order valence-corrected chi connectivity index (χ1v) is 8.66. The normalized spacial score (nSPS) is 12.0. The third kappa shape index (κ3) is 4.29. The van der Waals surface area contributed by atoms with E-state index in [4.69, 9.17) is 5.73 Å². The third-order valence-corrected chi connectivity index (χ3v) is 4.96. The van der Waals surface area contributed by atoms with Crippen molar-refractivity contribution in [2.24, 2.45) is 5.73 Å². The summed E-state index contributed by atoms with van der Waals surface area (Å²) < 4.78 is 29.0. The topological polar surface area (TPSA) is 90.0 Å². The molecule has 0 amide bonds. The molecule has 116 valence electrons. The Balaban J connectivity index is 2.77. The van der Waals surface area contributed by atoms with Crippen LogP contribution in [0.5, 0.6) is 0 Å². The van der Waals surface area contributed by atoms with Crippen LogP contribution in [0.15, 0.2) is 4.90 Å². The molecule has 0 fully saturated rings. The molecule has 1 heterocycles. The molecule has 1 aromatic heterocycles. The number of nitrogens with two attached hydrogens (primary N) is 1. The van der Waals surface area contributed by atoms with Crippen LogP contribution in [0.3, 0.4) is 0 Å². The molecule has 0 aliphatic heterocycles. The van der Waals surface area contributed by atoms with Crippen LogP contribution >= 0.6 is 0 Å². The highest BCUT2D eigenvalue weighted by Gasteiger charge is 2.23. The fourth-order valence-electron chi connectivity index (χ4n) is 2.24. The Hall–Kier alpha value is -0.920. The number of rotatable bonds is 9. The number of aryl methyl sites for hydroxylation is 1. The van der Waals surface area contributed by atoms with Gasteiger partial charge in [0.15, 0.2) is 0 Å². The Kier molecular flexibility index (Phi) is 6.64. The van der Waals surface area contributed by atoms with Gasteiger partial charge in [-0.05, 0) is 20.3 Å². The van der Waals surface area contributed by atoms with E-state index < -0.39 is 10.0 Å². The largest absolute Gasteiger partial charge is 0.329 e. The number of hydrogen-bond donors (Lipinski definition) is 2. The van der Waals surface area contributed by atoms with E-state index >= 15 is 0 Å². The molecule has 0 atom stereocenters. The van der Waals surface area contributed by atoms with Gasteiger partial charge in [0.2, 0.25) is 10.0 Å². The Morgan fingerprint density at radius 1 is 1.25 bits per heavy atom. The molecule has 0 spiro atoms. The van der Waals surface area contributed by atoms with E-state index in [1.54, 1.807) is 18.5 Å². The SMILES string of the molecule is CCCCCCNS(=O)(=O)c1c(C)nn(CCN)c1C. The van der Waals surface area contributed by atoms with Crippen molar-refractivity contribution in [1.82, 2.24) is 14.5 Å². The van der Waals surface area contributed by atoms with Crippen LogP contribution in [0.25, 0.3) is 0 Å². The first-order valence-electron chi connectivity index (χ1n) is 7.17. The summed E-state index contributed by atoms with van der Waals surface area (Å²) in [4.78, 5) is 0.293. The summed E-state index contributed by atoms with van der Waals surface area (Å²) >= 11 is 0. The predicted octanol–water partition coefficient (Wildman–Crippen LogP) is 1.32. The molecular weight excluding hydrogens is 276 g/mol. The fourth-order valence-corrected chi connectivity index (χ4v) is 3.72. The highest BCUT2D eigenvalue weighted by molar-refractivity contribution is 7.89. The molecule has 0 aromatic carbocycles. The van der Waals surface area contributed by atoms with Gasteiger partial charge in [-0.25, -0.2) is 13.1 Å². The highest BCUT2D eigenvalue weighted by atomic mass is 32.2. The molecule has 0 radical (unpaired) electrons. The van der Waals surface area contributed by atoms with Crippen molar-refractivity contribution < 1.29 is 8.42 Å². The van der Waals surface area contributed by atoms with Gasteiger partial charge >= 0.3 is 0 Å². The van der Waals surface area contributed by atoms with Crippen molar-refractivity contribution in [2.75, 3.05) is 13.1 Å². The summed E-state index contributed by atoms with van der Waals surface area (Å²) in [5.41, 5.74) is 6.67. The van der Waals surface area contributed by atoms with E-state index in [0.717, 1.165) is 25.7 Å². The van der Waals surface area contributed by atoms with E-state index in [0.29, 0.717) is 35.9 Å². The van der Waals surface area contributed by atoms with Gasteiger partial charge in [-0.1, -0.05) is 26.2 Å². The minimum atomic E-state index is -3.48. The van der Waals surface area contributed by atoms with Crippen LogP contribution in [0, 0.1) is 13.8 Å². The zero-order chi connectivity index (χ0) is 15.2. The Morgan fingerprint density at radius 3 is 2.55 bits per heavy atom. The predicted molar refractivity (Wildman–Crippen MR) is 80.1 cm³/mol. The number of aromatic nitrogens is 2. The maximum absolute atomic E-state index is 12.3. The van der Waals surface area contributed by atoms with Gasteiger partial charge in [-0.2, -0.15) is 5.10 Å². The van der Waals surface area contributed by atoms with Crippen LogP contribution < -0.4 is 10.5 Å². The average molecular weight is 302 g/mol. The van der Waals surface area contributed by atoms with Crippen LogP contribution in [0.4, 0.5) is 0 Å². The number of nitrogens with zero attached hydrogens (tertiary/aromatic N) is 2. The van der Waals surface area contributed by atoms with Gasteiger partial charge in [0.25, 0.3) is 0 Å². The maximum atomic E-state index is 12.3. The van der Waals surface area contributed by atoms with Crippen molar-refractivity contribution in [3.8, 4) is 0 Å². The molecule has 0 bridgehead atoms. The lowest BCUT2D eigenvalue weighted by atomic mass is 10.2. The Bertz CT molecular complexity index is 523. The maximum Gasteiger partial charge on any atom is 0.244 e. The molecular formula is C13H26N4O2S. The van der Waals surface area contributed by atoms with Gasteiger partial charge in [0, 0.05) is 13.1 Å². The van der Waals surface area contributed by atoms with Crippen LogP contribution in [-0.4, -0.2) is 31.3 Å². The molecule has 20 heavy (non-hydrogen) atoms. The van der Waals surface area contributed by atoms with Crippen molar-refractivity contribution in [1.29, 1.82) is 0 Å². The molecule has 1 aromatic rings. The molecule has 7 heteroatoms. The van der Waals surface area contributed by atoms with E-state index in [2.05, 4.69) is 16.7 Å². The van der Waals surface area contributed by atoms with E-state index in [1.807, 2.05) is 0 Å². The summed E-state index contributed by atoms with van der Waals surface area (Å²) in [6, 6.07) is 0. The van der Waals surface area contributed by atoms with E-state index in [1.165, 1.54) is 0 Å². The molecule has 0 unspecified atom stereocenters. The summed E-state index contributed by atoms with van der Waals surface area (Å²) in [5.74, 6) is 0. The lowest BCUT2D eigenvalue weighted by molar-refractivity contribution is 0.570. The minimum absolute atomic E-state index is 0.293. The zero-order valence-corrected chi connectivity index (χ0v) is 13.5. The van der Waals surface area contributed by atoms with Gasteiger partial charge in [-0.3, -0.25) is 4.68 Å². The summed E-state index contributed by atoms with van der Waals surface area (Å²) in [7, 11) is -3.48. The number of sulfonamides is 1. The fraction of sp³-hybridized carbons (Fsp3) is 0.769. The van der Waals surface area contributed by atoms with Crippen LogP contribution in [0.2, 0.25) is 0 Å². The number of hydrogen-bond acceptors (Lipinski definition) is 4. The lowest BCUT2D eigenvalue weighted by Crippen LogP contribution is -2.26. The second-order valence-corrected chi connectivity index (χ2v) is 6.67. The standard InChI is InChI=1S/C13H26N4O2S/c1-4-5-6-7-9-15-20(18,19)13-11(2)16-17(10-8-14)12(13)3/h15H,4-10,14H2,1-3H3. The first kappa shape index (κ1) is 17.1. The smallest absolute Gasteiger partial charge is 0.244 e. The monoisotopic (exact) mass is 302 g/mol. The highest BCUT2D eigenvalue weighted by Crippen LogP contribution is 2.19. The number of unbranched alkanes of at least 4 members (excludes halogenated alkanes) is 3. The second kappa shape index (κ2) is 7.75. The van der Waals surface area contributed by atoms with E-state index in [9.17, 15) is 8.42 Å². The summed E-state index contributed by atoms with van der Waals surface area (Å²) in [5, 5.41) is 4.24. The van der Waals surface area contributed by atoms with Gasteiger partial charge in [-0.15, -0.1) is 0 Å². The molecule has 1 rings (SSSR count). The molecule has 3 N–H and O–H groups in total. The summed E-state index contributed by atoms with van der Waals surface area (Å²) in [6.07, 6.45) is 4.18. The van der Waals surface area contributed by atoms with Crippen molar-refractivity contribution in [2.45, 2.75) is 57.9 Å². The quantitative estimate of drug-likeness (QED) is 0.673. The molecule has 0 aliphatic carbocycles. The van der Waals surface area contributed by atoms with Crippen molar-refractivity contribution >= 4 is 10.0 Å². The summed E-state index contributed by atoms with van der Waals surface area (Å²) in [6.45, 7) is 7.05. The zero-order valence-electron chi connectivity index (χ0n) is 12.6. The van der Waals surface area contributed by atoms with Gasteiger partial charge in [0.05, 0.1) is 17.9 Å². The van der Waals surface area contributed by atoms with Crippen LogP contribution in [-0.2, 0) is 16.6 Å². The van der Waals surface area contributed by atoms with Gasteiger partial charge < -0.3 is 5.73 Å². The first-order chi connectivity index (χ1) is 9.44. The lowest BCUT2D eigenvalue weighted by Gasteiger charge is -2.07. The minimum Gasteiger partial charge on any atom is -0.329 e. The Labute approximate surface area is 121 Å². The van der Waals surface area contributed by atoms with Crippen molar-refractivity contribution in [3.63, 3.8) is 0 Å². The molecule has 0 saturated carbocycles.